The van der Waals surface area contributed by atoms with Gasteiger partial charge in [-0.15, -0.1) is 0 Å². The van der Waals surface area contributed by atoms with Gasteiger partial charge in [0.1, 0.15) is 5.75 Å². The van der Waals surface area contributed by atoms with E-state index in [9.17, 15) is 4.79 Å². The van der Waals surface area contributed by atoms with E-state index in [1.165, 1.54) is 0 Å². The van der Waals surface area contributed by atoms with Gasteiger partial charge >= 0.3 is 0 Å². The molecule has 1 amide bonds. The Kier molecular flexibility index (Phi) is 3.90. The lowest BCUT2D eigenvalue weighted by Crippen LogP contribution is -2.21. The van der Waals surface area contributed by atoms with E-state index < -0.39 is 0 Å². The SMILES string of the molecule is C[C@H]1CCc2noc(NC(=O)COc3ccccc3)c2C1. The molecule has 1 aliphatic carbocycles. The summed E-state index contributed by atoms with van der Waals surface area (Å²) in [7, 11) is 0. The summed E-state index contributed by atoms with van der Waals surface area (Å²) in [6.45, 7) is 2.15. The van der Waals surface area contributed by atoms with Gasteiger partial charge < -0.3 is 9.26 Å². The first-order valence-electron chi connectivity index (χ1n) is 7.17. The van der Waals surface area contributed by atoms with E-state index >= 15 is 0 Å². The van der Waals surface area contributed by atoms with Crippen LogP contribution in [0, 0.1) is 5.92 Å². The molecule has 1 aromatic carbocycles. The van der Waals surface area contributed by atoms with E-state index in [0.29, 0.717) is 17.6 Å². The molecular weight excluding hydrogens is 268 g/mol. The molecule has 21 heavy (non-hydrogen) atoms. The van der Waals surface area contributed by atoms with Crippen molar-refractivity contribution in [1.29, 1.82) is 0 Å². The Balaban J connectivity index is 1.59. The summed E-state index contributed by atoms with van der Waals surface area (Å²) >= 11 is 0. The van der Waals surface area contributed by atoms with Crippen molar-refractivity contribution in [3.63, 3.8) is 0 Å². The number of anilines is 1. The van der Waals surface area contributed by atoms with E-state index in [-0.39, 0.29) is 12.5 Å². The van der Waals surface area contributed by atoms with Crippen molar-refractivity contribution in [2.45, 2.75) is 26.2 Å². The van der Waals surface area contributed by atoms with Crippen molar-refractivity contribution < 1.29 is 14.1 Å². The minimum absolute atomic E-state index is 0.0466. The summed E-state index contributed by atoms with van der Waals surface area (Å²) in [6.07, 6.45) is 2.93. The number of nitrogens with one attached hydrogen (secondary N) is 1. The number of hydrogen-bond donors (Lipinski definition) is 1. The molecule has 0 unspecified atom stereocenters. The summed E-state index contributed by atoms with van der Waals surface area (Å²) < 4.78 is 10.7. The predicted molar refractivity (Wildman–Crippen MR) is 78.3 cm³/mol. The van der Waals surface area contributed by atoms with Gasteiger partial charge in [0, 0.05) is 5.56 Å². The molecule has 0 fully saturated rings. The van der Waals surface area contributed by atoms with Gasteiger partial charge in [0.05, 0.1) is 5.69 Å². The van der Waals surface area contributed by atoms with Gasteiger partial charge in [-0.05, 0) is 37.3 Å². The molecule has 0 radical (unpaired) electrons. The first kappa shape index (κ1) is 13.7. The van der Waals surface area contributed by atoms with Crippen LogP contribution in [-0.4, -0.2) is 17.7 Å². The summed E-state index contributed by atoms with van der Waals surface area (Å²) in [4.78, 5) is 11.9. The minimum Gasteiger partial charge on any atom is -0.484 e. The van der Waals surface area contributed by atoms with E-state index in [4.69, 9.17) is 9.26 Å². The molecule has 1 atom stereocenters. The van der Waals surface area contributed by atoms with Gasteiger partial charge in [-0.2, -0.15) is 0 Å². The van der Waals surface area contributed by atoms with Crippen LogP contribution >= 0.6 is 0 Å². The van der Waals surface area contributed by atoms with E-state index in [2.05, 4.69) is 17.4 Å². The predicted octanol–water partition coefficient (Wildman–Crippen LogP) is 2.82. The smallest absolute Gasteiger partial charge is 0.264 e. The molecule has 0 aliphatic heterocycles. The number of amides is 1. The standard InChI is InChI=1S/C16H18N2O3/c1-11-7-8-14-13(9-11)16(21-18-14)17-15(19)10-20-12-5-3-2-4-6-12/h2-6,11H,7-10H2,1H3,(H,17,19)/t11-/m0/s1. The number of nitrogens with zero attached hydrogens (tertiary/aromatic N) is 1. The molecule has 0 bridgehead atoms. The number of ether oxygens (including phenoxy) is 1. The largest absolute Gasteiger partial charge is 0.484 e. The maximum Gasteiger partial charge on any atom is 0.264 e. The Morgan fingerprint density at radius 3 is 3.05 bits per heavy atom. The highest BCUT2D eigenvalue weighted by Crippen LogP contribution is 2.30. The zero-order valence-electron chi connectivity index (χ0n) is 12.0. The van der Waals surface area contributed by atoms with Crippen LogP contribution in [0.2, 0.25) is 0 Å². The molecule has 1 aliphatic rings. The second kappa shape index (κ2) is 5.99. The average molecular weight is 286 g/mol. The fourth-order valence-corrected chi connectivity index (χ4v) is 2.51. The lowest BCUT2D eigenvalue weighted by atomic mass is 9.89. The number of carbonyl (C=O) groups is 1. The first-order valence-corrected chi connectivity index (χ1v) is 7.17. The normalized spacial score (nSPS) is 17.1. The van der Waals surface area contributed by atoms with Crippen LogP contribution in [0.1, 0.15) is 24.6 Å². The number of aromatic nitrogens is 1. The van der Waals surface area contributed by atoms with Gasteiger partial charge in [0.15, 0.2) is 6.61 Å². The second-order valence-corrected chi connectivity index (χ2v) is 5.43. The van der Waals surface area contributed by atoms with Crippen LogP contribution in [0.15, 0.2) is 34.9 Å². The number of fused-ring (bicyclic) bond motifs is 1. The van der Waals surface area contributed by atoms with E-state index in [0.717, 1.165) is 30.5 Å². The monoisotopic (exact) mass is 286 g/mol. The Hall–Kier alpha value is -2.30. The Bertz CT molecular complexity index is 622. The molecule has 0 saturated carbocycles. The zero-order valence-corrected chi connectivity index (χ0v) is 12.0. The number of rotatable bonds is 4. The lowest BCUT2D eigenvalue weighted by Gasteiger charge is -2.16. The molecule has 5 heteroatoms. The third-order valence-electron chi connectivity index (χ3n) is 3.66. The zero-order chi connectivity index (χ0) is 14.7. The third-order valence-corrected chi connectivity index (χ3v) is 3.66. The van der Waals surface area contributed by atoms with Crippen LogP contribution in [0.5, 0.6) is 5.75 Å². The second-order valence-electron chi connectivity index (χ2n) is 5.43. The van der Waals surface area contributed by atoms with Crippen molar-refractivity contribution in [3.8, 4) is 5.75 Å². The third kappa shape index (κ3) is 3.24. The Morgan fingerprint density at radius 1 is 1.43 bits per heavy atom. The van der Waals surface area contributed by atoms with Gasteiger partial charge in [-0.1, -0.05) is 30.3 Å². The molecule has 0 saturated heterocycles. The quantitative estimate of drug-likeness (QED) is 0.938. The summed E-state index contributed by atoms with van der Waals surface area (Å²) in [5.41, 5.74) is 1.99. The topological polar surface area (TPSA) is 64.4 Å². The van der Waals surface area contributed by atoms with Gasteiger partial charge in [-0.25, -0.2) is 0 Å². The maximum atomic E-state index is 11.9. The fraction of sp³-hybridized carbons (Fsp3) is 0.375. The molecule has 0 spiro atoms. The van der Waals surface area contributed by atoms with Crippen molar-refractivity contribution in [3.05, 3.63) is 41.6 Å². The average Bonchev–Trinajstić information content (AvgIpc) is 2.88. The first-order chi connectivity index (χ1) is 10.2. The molecular formula is C16H18N2O3. The van der Waals surface area contributed by atoms with Crippen LogP contribution in [0.25, 0.3) is 0 Å². The van der Waals surface area contributed by atoms with Gasteiger partial charge in [0.2, 0.25) is 5.88 Å². The van der Waals surface area contributed by atoms with Crippen molar-refractivity contribution >= 4 is 11.8 Å². The van der Waals surface area contributed by atoms with Gasteiger partial charge in [-0.3, -0.25) is 10.1 Å². The Labute approximate surface area is 123 Å². The van der Waals surface area contributed by atoms with Crippen molar-refractivity contribution in [2.24, 2.45) is 5.92 Å². The number of aryl methyl sites for hydroxylation is 1. The lowest BCUT2D eigenvalue weighted by molar-refractivity contribution is -0.118. The van der Waals surface area contributed by atoms with Crippen LogP contribution < -0.4 is 10.1 Å². The minimum atomic E-state index is -0.240. The Morgan fingerprint density at radius 2 is 2.24 bits per heavy atom. The summed E-state index contributed by atoms with van der Waals surface area (Å²) in [5.74, 6) is 1.49. The number of para-hydroxylation sites is 1. The van der Waals surface area contributed by atoms with Crippen LogP contribution in [0.4, 0.5) is 5.88 Å². The molecule has 3 rings (SSSR count). The van der Waals surface area contributed by atoms with Crippen LogP contribution in [0.3, 0.4) is 0 Å². The van der Waals surface area contributed by atoms with Crippen molar-refractivity contribution in [2.75, 3.05) is 11.9 Å². The fourth-order valence-electron chi connectivity index (χ4n) is 2.51. The molecule has 5 nitrogen and oxygen atoms in total. The van der Waals surface area contributed by atoms with Crippen LogP contribution in [-0.2, 0) is 17.6 Å². The number of carbonyl (C=O) groups excluding carboxylic acids is 1. The van der Waals surface area contributed by atoms with Crippen molar-refractivity contribution in [1.82, 2.24) is 5.16 Å². The molecule has 1 N–H and O–H groups in total. The molecule has 1 aromatic heterocycles. The van der Waals surface area contributed by atoms with Gasteiger partial charge in [0.25, 0.3) is 5.91 Å². The van der Waals surface area contributed by atoms with E-state index in [1.54, 1.807) is 0 Å². The number of hydrogen-bond acceptors (Lipinski definition) is 4. The summed E-state index contributed by atoms with van der Waals surface area (Å²) in [5, 5.41) is 6.78. The summed E-state index contributed by atoms with van der Waals surface area (Å²) in [6, 6.07) is 9.24. The highest BCUT2D eigenvalue weighted by Gasteiger charge is 2.24. The molecule has 110 valence electrons. The highest BCUT2D eigenvalue weighted by molar-refractivity contribution is 5.91. The molecule has 1 heterocycles. The number of benzene rings is 1. The highest BCUT2D eigenvalue weighted by atomic mass is 16.5. The van der Waals surface area contributed by atoms with E-state index in [1.807, 2.05) is 30.3 Å². The maximum absolute atomic E-state index is 11.9. The molecule has 2 aromatic rings.